The van der Waals surface area contributed by atoms with Crippen molar-refractivity contribution >= 4 is 11.8 Å². The standard InChI is InChI=1S/C16H18FNS/c1-12-8-13(10-14(17)9-12)16(18-2)11-19-15-6-4-3-5-7-15/h3-10,16,18H,11H2,1-2H3. The lowest BCUT2D eigenvalue weighted by atomic mass is 10.1. The van der Waals surface area contributed by atoms with Gasteiger partial charge >= 0.3 is 0 Å². The van der Waals surface area contributed by atoms with E-state index in [4.69, 9.17) is 0 Å². The summed E-state index contributed by atoms with van der Waals surface area (Å²) < 4.78 is 13.5. The summed E-state index contributed by atoms with van der Waals surface area (Å²) >= 11 is 1.77. The second-order valence-electron chi connectivity index (χ2n) is 4.53. The average molecular weight is 275 g/mol. The molecule has 0 aliphatic carbocycles. The molecule has 0 bridgehead atoms. The summed E-state index contributed by atoms with van der Waals surface area (Å²) in [4.78, 5) is 1.23. The summed E-state index contributed by atoms with van der Waals surface area (Å²) in [6, 6.07) is 15.6. The van der Waals surface area contributed by atoms with E-state index in [9.17, 15) is 4.39 Å². The Morgan fingerprint density at radius 2 is 1.89 bits per heavy atom. The van der Waals surface area contributed by atoms with Crippen LogP contribution in [-0.2, 0) is 0 Å². The normalized spacial score (nSPS) is 12.4. The van der Waals surface area contributed by atoms with Gasteiger partial charge in [-0.25, -0.2) is 4.39 Å². The van der Waals surface area contributed by atoms with Gasteiger partial charge in [0.25, 0.3) is 0 Å². The number of nitrogens with one attached hydrogen (secondary N) is 1. The van der Waals surface area contributed by atoms with Gasteiger partial charge in [-0.3, -0.25) is 0 Å². The van der Waals surface area contributed by atoms with Crippen LogP contribution in [0.5, 0.6) is 0 Å². The van der Waals surface area contributed by atoms with Crippen molar-refractivity contribution in [1.82, 2.24) is 5.32 Å². The van der Waals surface area contributed by atoms with Crippen LogP contribution in [0.2, 0.25) is 0 Å². The van der Waals surface area contributed by atoms with Crippen molar-refractivity contribution in [2.24, 2.45) is 0 Å². The molecule has 0 saturated carbocycles. The molecule has 0 aromatic heterocycles. The maximum Gasteiger partial charge on any atom is 0.123 e. The van der Waals surface area contributed by atoms with E-state index in [1.807, 2.05) is 38.2 Å². The molecule has 2 rings (SSSR count). The summed E-state index contributed by atoms with van der Waals surface area (Å²) in [5.41, 5.74) is 1.96. The summed E-state index contributed by atoms with van der Waals surface area (Å²) in [5, 5.41) is 3.26. The molecule has 100 valence electrons. The topological polar surface area (TPSA) is 12.0 Å². The van der Waals surface area contributed by atoms with Crippen molar-refractivity contribution in [3.8, 4) is 0 Å². The largest absolute Gasteiger partial charge is 0.312 e. The third kappa shape index (κ3) is 4.08. The van der Waals surface area contributed by atoms with E-state index in [-0.39, 0.29) is 11.9 Å². The molecular weight excluding hydrogens is 257 g/mol. The van der Waals surface area contributed by atoms with Crippen LogP contribution in [0.1, 0.15) is 17.2 Å². The molecule has 0 aliphatic rings. The van der Waals surface area contributed by atoms with E-state index in [2.05, 4.69) is 17.4 Å². The first-order valence-corrected chi connectivity index (χ1v) is 7.30. The Labute approximate surface area is 118 Å². The number of halogens is 1. The van der Waals surface area contributed by atoms with Gasteiger partial charge in [-0.15, -0.1) is 11.8 Å². The van der Waals surface area contributed by atoms with Crippen molar-refractivity contribution in [3.05, 3.63) is 65.5 Å². The lowest BCUT2D eigenvalue weighted by molar-refractivity contribution is 0.609. The van der Waals surface area contributed by atoms with Gasteiger partial charge in [0.05, 0.1) is 0 Å². The highest BCUT2D eigenvalue weighted by Crippen LogP contribution is 2.25. The van der Waals surface area contributed by atoms with Crippen LogP contribution in [0.3, 0.4) is 0 Å². The number of aryl methyl sites for hydroxylation is 1. The van der Waals surface area contributed by atoms with Gasteiger partial charge in [0.1, 0.15) is 5.82 Å². The van der Waals surface area contributed by atoms with E-state index in [1.54, 1.807) is 23.9 Å². The highest BCUT2D eigenvalue weighted by molar-refractivity contribution is 7.99. The molecule has 0 amide bonds. The van der Waals surface area contributed by atoms with E-state index < -0.39 is 0 Å². The summed E-state index contributed by atoms with van der Waals surface area (Å²) in [6.45, 7) is 1.92. The number of benzene rings is 2. The van der Waals surface area contributed by atoms with Crippen LogP contribution in [-0.4, -0.2) is 12.8 Å². The Morgan fingerprint density at radius 1 is 1.16 bits per heavy atom. The smallest absolute Gasteiger partial charge is 0.123 e. The lowest BCUT2D eigenvalue weighted by Crippen LogP contribution is -2.19. The van der Waals surface area contributed by atoms with Gasteiger partial charge in [-0.2, -0.15) is 0 Å². The molecule has 1 unspecified atom stereocenters. The molecule has 0 heterocycles. The molecule has 0 spiro atoms. The quantitative estimate of drug-likeness (QED) is 0.821. The maximum absolute atomic E-state index is 13.5. The number of hydrogen-bond acceptors (Lipinski definition) is 2. The molecule has 2 aromatic carbocycles. The van der Waals surface area contributed by atoms with E-state index >= 15 is 0 Å². The highest BCUT2D eigenvalue weighted by atomic mass is 32.2. The number of thioether (sulfide) groups is 1. The average Bonchev–Trinajstić information content (AvgIpc) is 2.39. The first-order chi connectivity index (χ1) is 9.19. The van der Waals surface area contributed by atoms with Crippen LogP contribution >= 0.6 is 11.8 Å². The van der Waals surface area contributed by atoms with Crippen LogP contribution in [0.15, 0.2) is 53.4 Å². The van der Waals surface area contributed by atoms with E-state index in [1.165, 1.54) is 4.90 Å². The Hall–Kier alpha value is -1.32. The number of hydrogen-bond donors (Lipinski definition) is 1. The third-order valence-electron chi connectivity index (χ3n) is 2.98. The van der Waals surface area contributed by atoms with Crippen molar-refractivity contribution in [3.63, 3.8) is 0 Å². The molecule has 1 nitrogen and oxygen atoms in total. The molecule has 1 N–H and O–H groups in total. The van der Waals surface area contributed by atoms with Crippen molar-refractivity contribution in [2.75, 3.05) is 12.8 Å². The zero-order valence-corrected chi connectivity index (χ0v) is 12.0. The Bertz CT molecular complexity index is 507. The second kappa shape index (κ2) is 6.73. The van der Waals surface area contributed by atoms with Gasteiger partial charge in [0.15, 0.2) is 0 Å². The van der Waals surface area contributed by atoms with Crippen molar-refractivity contribution < 1.29 is 4.39 Å². The first-order valence-electron chi connectivity index (χ1n) is 6.31. The van der Waals surface area contributed by atoms with Gasteiger partial charge in [0.2, 0.25) is 0 Å². The fraction of sp³-hybridized carbons (Fsp3) is 0.250. The monoisotopic (exact) mass is 275 g/mol. The number of rotatable bonds is 5. The summed E-state index contributed by atoms with van der Waals surface area (Å²) in [6.07, 6.45) is 0. The van der Waals surface area contributed by atoms with Gasteiger partial charge in [-0.05, 0) is 49.4 Å². The van der Waals surface area contributed by atoms with Crippen LogP contribution in [0.25, 0.3) is 0 Å². The van der Waals surface area contributed by atoms with E-state index in [0.29, 0.717) is 0 Å². The zero-order valence-electron chi connectivity index (χ0n) is 11.2. The Morgan fingerprint density at radius 3 is 2.53 bits per heavy atom. The Kier molecular flexibility index (Phi) is 5.00. The van der Waals surface area contributed by atoms with Crippen LogP contribution in [0.4, 0.5) is 4.39 Å². The van der Waals surface area contributed by atoms with Gasteiger partial charge < -0.3 is 5.32 Å². The summed E-state index contributed by atoms with van der Waals surface area (Å²) in [5.74, 6) is 0.712. The zero-order chi connectivity index (χ0) is 13.7. The molecule has 0 radical (unpaired) electrons. The molecule has 0 saturated heterocycles. The highest BCUT2D eigenvalue weighted by Gasteiger charge is 2.11. The van der Waals surface area contributed by atoms with Crippen molar-refractivity contribution in [1.29, 1.82) is 0 Å². The molecule has 1 atom stereocenters. The van der Waals surface area contributed by atoms with Gasteiger partial charge in [0, 0.05) is 16.7 Å². The molecule has 0 aliphatic heterocycles. The van der Waals surface area contributed by atoms with E-state index in [0.717, 1.165) is 16.9 Å². The minimum absolute atomic E-state index is 0.152. The SMILES string of the molecule is CNC(CSc1ccccc1)c1cc(C)cc(F)c1. The van der Waals surface area contributed by atoms with Crippen LogP contribution < -0.4 is 5.32 Å². The minimum atomic E-state index is -0.167. The molecule has 0 fully saturated rings. The Balaban J connectivity index is 2.07. The predicted molar refractivity (Wildman–Crippen MR) is 80.1 cm³/mol. The van der Waals surface area contributed by atoms with Crippen LogP contribution in [0, 0.1) is 12.7 Å². The second-order valence-corrected chi connectivity index (χ2v) is 5.62. The fourth-order valence-electron chi connectivity index (χ4n) is 2.01. The fourth-order valence-corrected chi connectivity index (χ4v) is 3.08. The van der Waals surface area contributed by atoms with Gasteiger partial charge in [-0.1, -0.05) is 24.3 Å². The first kappa shape index (κ1) is 14.1. The third-order valence-corrected chi connectivity index (χ3v) is 4.08. The lowest BCUT2D eigenvalue weighted by Gasteiger charge is -2.17. The van der Waals surface area contributed by atoms with Crippen molar-refractivity contribution in [2.45, 2.75) is 17.9 Å². The molecular formula is C16H18FNS. The molecule has 3 heteroatoms. The molecule has 19 heavy (non-hydrogen) atoms. The molecule has 2 aromatic rings. The predicted octanol–water partition coefficient (Wildman–Crippen LogP) is 4.19. The summed E-state index contributed by atoms with van der Waals surface area (Å²) in [7, 11) is 1.91. The minimum Gasteiger partial charge on any atom is -0.312 e. The maximum atomic E-state index is 13.5.